The van der Waals surface area contributed by atoms with Gasteiger partial charge in [-0.15, -0.1) is 0 Å². The highest BCUT2D eigenvalue weighted by Gasteiger charge is 2.19. The van der Waals surface area contributed by atoms with E-state index in [1.165, 1.54) is 0 Å². The van der Waals surface area contributed by atoms with Gasteiger partial charge in [0.05, 0.1) is 0 Å². The molecule has 0 N–H and O–H groups in total. The lowest BCUT2D eigenvalue weighted by Crippen LogP contribution is -2.40. The maximum absolute atomic E-state index is 11.1. The van der Waals surface area contributed by atoms with Gasteiger partial charge in [0.2, 0.25) is 0 Å². The third-order valence-electron chi connectivity index (χ3n) is 2.56. The Balaban J connectivity index is 3.97. The molecule has 0 saturated carbocycles. The molecule has 0 amide bonds. The van der Waals surface area contributed by atoms with Gasteiger partial charge in [-0.05, 0) is 33.9 Å². The van der Waals surface area contributed by atoms with Crippen LogP contribution in [0.2, 0.25) is 0 Å². The fourth-order valence-electron chi connectivity index (χ4n) is 1.30. The number of nitrogens with zero attached hydrogens (tertiary/aromatic N) is 1. The molecular formula is C11H23NO2. The van der Waals surface area contributed by atoms with Gasteiger partial charge in [-0.2, -0.15) is 0 Å². The molecule has 0 heterocycles. The molecule has 2 unspecified atom stereocenters. The topological polar surface area (TPSA) is 29.5 Å². The van der Waals surface area contributed by atoms with Crippen molar-refractivity contribution in [3.8, 4) is 0 Å². The number of hydrogen-bond acceptors (Lipinski definition) is 3. The van der Waals surface area contributed by atoms with Gasteiger partial charge in [0.1, 0.15) is 6.10 Å². The molecule has 0 saturated heterocycles. The number of hydrogen-bond donors (Lipinski definition) is 0. The van der Waals surface area contributed by atoms with Crippen LogP contribution in [0, 0.1) is 0 Å². The smallest absolute Gasteiger partial charge is 0.305 e. The molecule has 0 fully saturated rings. The second kappa shape index (κ2) is 6.82. The maximum Gasteiger partial charge on any atom is 0.305 e. The summed E-state index contributed by atoms with van der Waals surface area (Å²) in [5.41, 5.74) is 0. The normalized spacial score (nSPS) is 15.3. The van der Waals surface area contributed by atoms with Crippen LogP contribution in [0.15, 0.2) is 0 Å². The number of carbonyl (C=O) groups excluding carboxylic acids is 1. The lowest BCUT2D eigenvalue weighted by molar-refractivity contribution is -0.150. The van der Waals surface area contributed by atoms with Crippen LogP contribution in [0.5, 0.6) is 0 Å². The third kappa shape index (κ3) is 4.61. The van der Waals surface area contributed by atoms with Crippen LogP contribution >= 0.6 is 0 Å². The van der Waals surface area contributed by atoms with Crippen molar-refractivity contribution in [2.45, 2.75) is 52.7 Å². The molecular weight excluding hydrogens is 178 g/mol. The fraction of sp³-hybridized carbons (Fsp3) is 0.909. The molecule has 14 heavy (non-hydrogen) atoms. The largest absolute Gasteiger partial charge is 0.461 e. The number of esters is 1. The second-order valence-corrected chi connectivity index (χ2v) is 3.77. The molecule has 0 aliphatic rings. The summed E-state index contributed by atoms with van der Waals surface area (Å²) >= 11 is 0. The van der Waals surface area contributed by atoms with Crippen molar-refractivity contribution in [1.29, 1.82) is 0 Å². The predicted molar refractivity (Wildman–Crippen MR) is 58.2 cm³/mol. The average Bonchev–Trinajstić information content (AvgIpc) is 2.16. The van der Waals surface area contributed by atoms with Crippen molar-refractivity contribution in [2.24, 2.45) is 0 Å². The summed E-state index contributed by atoms with van der Waals surface area (Å²) in [5, 5.41) is 0. The van der Waals surface area contributed by atoms with Crippen molar-refractivity contribution in [2.75, 3.05) is 13.6 Å². The van der Waals surface area contributed by atoms with E-state index in [2.05, 4.69) is 25.8 Å². The number of likely N-dealkylation sites (N-methyl/N-ethyl adjacent to an activating group) is 1. The first kappa shape index (κ1) is 13.4. The average molecular weight is 201 g/mol. The van der Waals surface area contributed by atoms with Crippen LogP contribution in [0.4, 0.5) is 0 Å². The van der Waals surface area contributed by atoms with Crippen LogP contribution in [-0.4, -0.2) is 36.6 Å². The first-order valence-electron chi connectivity index (χ1n) is 5.42. The van der Waals surface area contributed by atoms with Gasteiger partial charge in [-0.1, -0.05) is 13.8 Å². The highest BCUT2D eigenvalue weighted by atomic mass is 16.5. The number of carbonyl (C=O) groups is 1. The molecule has 3 heteroatoms. The lowest BCUT2D eigenvalue weighted by Gasteiger charge is -2.29. The van der Waals surface area contributed by atoms with E-state index < -0.39 is 0 Å². The highest BCUT2D eigenvalue weighted by Crippen LogP contribution is 2.07. The summed E-state index contributed by atoms with van der Waals surface area (Å²) < 4.78 is 5.25. The Morgan fingerprint density at radius 3 is 2.36 bits per heavy atom. The van der Waals surface area contributed by atoms with Crippen LogP contribution in [0.3, 0.4) is 0 Å². The first-order chi connectivity index (χ1) is 6.52. The molecule has 0 aromatic heterocycles. The SMILES string of the molecule is CCCN(C)C(C)C(C)OC(=O)CC. The maximum atomic E-state index is 11.1. The van der Waals surface area contributed by atoms with Crippen molar-refractivity contribution < 1.29 is 9.53 Å². The molecule has 0 radical (unpaired) electrons. The minimum atomic E-state index is -0.116. The van der Waals surface area contributed by atoms with E-state index in [9.17, 15) is 4.79 Å². The Labute approximate surface area is 87.4 Å². The van der Waals surface area contributed by atoms with Crippen LogP contribution in [0.25, 0.3) is 0 Å². The molecule has 2 atom stereocenters. The van der Waals surface area contributed by atoms with Crippen molar-refractivity contribution in [1.82, 2.24) is 4.90 Å². The van der Waals surface area contributed by atoms with E-state index in [4.69, 9.17) is 4.74 Å². The lowest BCUT2D eigenvalue weighted by atomic mass is 10.2. The number of rotatable bonds is 6. The van der Waals surface area contributed by atoms with Gasteiger partial charge in [-0.3, -0.25) is 4.79 Å². The second-order valence-electron chi connectivity index (χ2n) is 3.77. The molecule has 0 aromatic rings. The zero-order valence-electron chi connectivity index (χ0n) is 10.0. The van der Waals surface area contributed by atoms with Crippen LogP contribution in [0.1, 0.15) is 40.5 Å². The predicted octanol–water partition coefficient (Wildman–Crippen LogP) is 2.06. The standard InChI is InChI=1S/C11H23NO2/c1-6-8-12(5)9(3)10(4)14-11(13)7-2/h9-10H,6-8H2,1-5H3. The molecule has 0 aliphatic heterocycles. The van der Waals surface area contributed by atoms with Gasteiger partial charge in [-0.25, -0.2) is 0 Å². The van der Waals surface area contributed by atoms with Crippen LogP contribution < -0.4 is 0 Å². The van der Waals surface area contributed by atoms with E-state index in [1.54, 1.807) is 0 Å². The molecule has 0 bridgehead atoms. The summed E-state index contributed by atoms with van der Waals surface area (Å²) in [4.78, 5) is 13.3. The minimum Gasteiger partial charge on any atom is -0.461 e. The first-order valence-corrected chi connectivity index (χ1v) is 5.42. The molecule has 0 aromatic carbocycles. The zero-order chi connectivity index (χ0) is 11.1. The summed E-state index contributed by atoms with van der Waals surface area (Å²) in [5.74, 6) is -0.116. The van der Waals surface area contributed by atoms with Crippen molar-refractivity contribution in [3.05, 3.63) is 0 Å². The summed E-state index contributed by atoms with van der Waals surface area (Å²) in [6.07, 6.45) is 1.54. The molecule has 0 aliphatic carbocycles. The summed E-state index contributed by atoms with van der Waals surface area (Å²) in [6.45, 7) is 9.03. The highest BCUT2D eigenvalue weighted by molar-refractivity contribution is 5.69. The monoisotopic (exact) mass is 201 g/mol. The molecule has 0 spiro atoms. The van der Waals surface area contributed by atoms with Gasteiger partial charge in [0, 0.05) is 12.5 Å². The van der Waals surface area contributed by atoms with Gasteiger partial charge in [0.25, 0.3) is 0 Å². The van der Waals surface area contributed by atoms with Crippen molar-refractivity contribution >= 4 is 5.97 Å². The zero-order valence-corrected chi connectivity index (χ0v) is 10.0. The van der Waals surface area contributed by atoms with Crippen LogP contribution in [-0.2, 0) is 9.53 Å². The Hall–Kier alpha value is -0.570. The molecule has 3 nitrogen and oxygen atoms in total. The van der Waals surface area contributed by atoms with E-state index >= 15 is 0 Å². The Morgan fingerprint density at radius 2 is 1.93 bits per heavy atom. The van der Waals surface area contributed by atoms with E-state index in [1.807, 2.05) is 13.8 Å². The summed E-state index contributed by atoms with van der Waals surface area (Å²) in [6, 6.07) is 0.283. The van der Waals surface area contributed by atoms with Gasteiger partial charge < -0.3 is 9.64 Å². The fourth-order valence-corrected chi connectivity index (χ4v) is 1.30. The number of ether oxygens (including phenoxy) is 1. The quantitative estimate of drug-likeness (QED) is 0.616. The van der Waals surface area contributed by atoms with E-state index in [-0.39, 0.29) is 18.1 Å². The Bertz CT molecular complexity index is 171. The Morgan fingerprint density at radius 1 is 1.36 bits per heavy atom. The summed E-state index contributed by atoms with van der Waals surface area (Å²) in [7, 11) is 2.06. The minimum absolute atomic E-state index is 0.0287. The molecule has 84 valence electrons. The van der Waals surface area contributed by atoms with Gasteiger partial charge >= 0.3 is 5.97 Å². The van der Waals surface area contributed by atoms with Gasteiger partial charge in [0.15, 0.2) is 0 Å². The molecule has 0 rings (SSSR count). The van der Waals surface area contributed by atoms with Crippen molar-refractivity contribution in [3.63, 3.8) is 0 Å². The Kier molecular flexibility index (Phi) is 6.54. The van der Waals surface area contributed by atoms with E-state index in [0.717, 1.165) is 13.0 Å². The third-order valence-corrected chi connectivity index (χ3v) is 2.56. The van der Waals surface area contributed by atoms with E-state index in [0.29, 0.717) is 6.42 Å².